The van der Waals surface area contributed by atoms with Gasteiger partial charge in [-0.3, -0.25) is 14.9 Å². The van der Waals surface area contributed by atoms with E-state index in [9.17, 15) is 14.9 Å². The zero-order chi connectivity index (χ0) is 17.0. The summed E-state index contributed by atoms with van der Waals surface area (Å²) < 4.78 is 5.83. The molecule has 0 heterocycles. The summed E-state index contributed by atoms with van der Waals surface area (Å²) in [7, 11) is 3.31. The predicted molar refractivity (Wildman–Crippen MR) is 86.3 cm³/mol. The van der Waals surface area contributed by atoms with Crippen molar-refractivity contribution in [1.82, 2.24) is 4.90 Å². The number of hydrogen-bond acceptors (Lipinski definition) is 4. The number of nitro groups is 1. The molecule has 0 N–H and O–H groups in total. The van der Waals surface area contributed by atoms with E-state index in [0.29, 0.717) is 11.3 Å². The molecule has 0 aliphatic heterocycles. The minimum Gasteiger partial charge on any atom is -0.476 e. The highest BCUT2D eigenvalue weighted by atomic mass is 16.6. The van der Waals surface area contributed by atoms with Crippen LogP contribution in [0.1, 0.15) is 17.2 Å². The van der Waals surface area contributed by atoms with Gasteiger partial charge in [0.05, 0.1) is 4.92 Å². The van der Waals surface area contributed by atoms with Crippen molar-refractivity contribution >= 4 is 11.6 Å². The third-order valence-corrected chi connectivity index (χ3v) is 3.39. The van der Waals surface area contributed by atoms with Crippen molar-refractivity contribution < 1.29 is 14.5 Å². The van der Waals surface area contributed by atoms with Crippen molar-refractivity contribution in [2.75, 3.05) is 14.1 Å². The number of aryl methyl sites for hydroxylation is 1. The molecule has 6 nitrogen and oxygen atoms in total. The lowest BCUT2D eigenvalue weighted by molar-refractivity contribution is -0.385. The molecule has 120 valence electrons. The van der Waals surface area contributed by atoms with E-state index in [-0.39, 0.29) is 11.6 Å². The van der Waals surface area contributed by atoms with E-state index in [0.717, 1.165) is 5.56 Å². The highest BCUT2D eigenvalue weighted by Gasteiger charge is 2.24. The molecule has 2 aromatic rings. The van der Waals surface area contributed by atoms with Gasteiger partial charge in [0.2, 0.25) is 6.10 Å². The Balaban J connectivity index is 2.33. The smallest absolute Gasteiger partial charge is 0.272 e. The van der Waals surface area contributed by atoms with Crippen LogP contribution in [0.4, 0.5) is 5.69 Å². The average Bonchev–Trinajstić information content (AvgIpc) is 2.52. The van der Waals surface area contributed by atoms with Crippen LogP contribution in [-0.2, 0) is 4.79 Å². The zero-order valence-electron chi connectivity index (χ0n) is 13.2. The SMILES string of the molecule is Cc1cc(O[C@@H](C(=O)N(C)C)c2ccccc2)ccc1[N+](=O)[O-]. The maximum Gasteiger partial charge on any atom is 0.272 e. The van der Waals surface area contributed by atoms with Crippen LogP contribution < -0.4 is 4.74 Å². The summed E-state index contributed by atoms with van der Waals surface area (Å²) in [4.78, 5) is 24.3. The highest BCUT2D eigenvalue weighted by molar-refractivity contribution is 5.82. The molecule has 2 rings (SSSR count). The highest BCUT2D eigenvalue weighted by Crippen LogP contribution is 2.28. The zero-order valence-corrected chi connectivity index (χ0v) is 13.2. The number of carbonyl (C=O) groups is 1. The molecule has 6 heteroatoms. The first-order chi connectivity index (χ1) is 10.9. The molecule has 0 saturated carbocycles. The molecule has 0 spiro atoms. The van der Waals surface area contributed by atoms with Gasteiger partial charge in [0.1, 0.15) is 5.75 Å². The van der Waals surface area contributed by atoms with E-state index in [1.807, 2.05) is 30.3 Å². The van der Waals surface area contributed by atoms with Gasteiger partial charge in [-0.05, 0) is 19.1 Å². The van der Waals surface area contributed by atoms with Crippen molar-refractivity contribution in [1.29, 1.82) is 0 Å². The van der Waals surface area contributed by atoms with Gasteiger partial charge in [-0.15, -0.1) is 0 Å². The van der Waals surface area contributed by atoms with Gasteiger partial charge in [0.25, 0.3) is 11.6 Å². The van der Waals surface area contributed by atoms with Crippen LogP contribution in [0.5, 0.6) is 5.75 Å². The Hall–Kier alpha value is -2.89. The number of likely N-dealkylation sites (N-methyl/N-ethyl adjacent to an activating group) is 1. The Morgan fingerprint density at radius 1 is 1.17 bits per heavy atom. The largest absolute Gasteiger partial charge is 0.476 e. The van der Waals surface area contributed by atoms with Crippen LogP contribution >= 0.6 is 0 Å². The molecule has 0 saturated heterocycles. The fourth-order valence-corrected chi connectivity index (χ4v) is 2.17. The van der Waals surface area contributed by atoms with Crippen LogP contribution in [0.3, 0.4) is 0 Å². The molecule has 0 fully saturated rings. The van der Waals surface area contributed by atoms with Gasteiger partial charge in [0, 0.05) is 31.3 Å². The maximum absolute atomic E-state index is 12.4. The lowest BCUT2D eigenvalue weighted by Crippen LogP contribution is -2.31. The number of hydrogen-bond donors (Lipinski definition) is 0. The van der Waals surface area contributed by atoms with E-state index in [1.165, 1.54) is 17.0 Å². The maximum atomic E-state index is 12.4. The van der Waals surface area contributed by atoms with E-state index in [2.05, 4.69) is 0 Å². The van der Waals surface area contributed by atoms with E-state index < -0.39 is 11.0 Å². The summed E-state index contributed by atoms with van der Waals surface area (Å²) in [6.07, 6.45) is -0.799. The summed E-state index contributed by atoms with van der Waals surface area (Å²) in [6.45, 7) is 1.64. The number of benzene rings is 2. The second-order valence-electron chi connectivity index (χ2n) is 5.35. The minimum atomic E-state index is -0.799. The van der Waals surface area contributed by atoms with Gasteiger partial charge in [0.15, 0.2) is 0 Å². The molecule has 1 amide bonds. The first kappa shape index (κ1) is 16.5. The number of nitrogens with zero attached hydrogens (tertiary/aromatic N) is 2. The minimum absolute atomic E-state index is 0.0209. The molecule has 0 bridgehead atoms. The Bertz CT molecular complexity index is 714. The Kier molecular flexibility index (Phi) is 4.95. The fraction of sp³-hybridized carbons (Fsp3) is 0.235. The van der Waals surface area contributed by atoms with Crippen molar-refractivity contribution in [3.63, 3.8) is 0 Å². The van der Waals surface area contributed by atoms with Gasteiger partial charge < -0.3 is 9.64 Å². The van der Waals surface area contributed by atoms with Crippen molar-refractivity contribution in [2.45, 2.75) is 13.0 Å². The lowest BCUT2D eigenvalue weighted by Gasteiger charge is -2.22. The molecule has 1 atom stereocenters. The summed E-state index contributed by atoms with van der Waals surface area (Å²) in [5.41, 5.74) is 1.23. The molecule has 0 unspecified atom stereocenters. The standard InChI is InChI=1S/C17H18N2O4/c1-12-11-14(9-10-15(12)19(21)22)23-16(17(20)18(2)3)13-7-5-4-6-8-13/h4-11,16H,1-3H3/t16-/m1/s1. The number of carbonyl (C=O) groups excluding carboxylic acids is 1. The van der Waals surface area contributed by atoms with E-state index >= 15 is 0 Å². The van der Waals surface area contributed by atoms with Crippen LogP contribution in [0, 0.1) is 17.0 Å². The van der Waals surface area contributed by atoms with Crippen molar-refractivity contribution in [3.05, 3.63) is 69.8 Å². The summed E-state index contributed by atoms with van der Waals surface area (Å²) in [5.74, 6) is 0.212. The monoisotopic (exact) mass is 314 g/mol. The molecular weight excluding hydrogens is 296 g/mol. The molecule has 2 aromatic carbocycles. The van der Waals surface area contributed by atoms with Crippen molar-refractivity contribution in [2.24, 2.45) is 0 Å². The van der Waals surface area contributed by atoms with E-state index in [1.54, 1.807) is 27.1 Å². The fourth-order valence-electron chi connectivity index (χ4n) is 2.17. The average molecular weight is 314 g/mol. The summed E-state index contributed by atoms with van der Waals surface area (Å²) in [6, 6.07) is 13.6. The first-order valence-electron chi connectivity index (χ1n) is 7.08. The molecular formula is C17H18N2O4. The summed E-state index contributed by atoms with van der Waals surface area (Å²) >= 11 is 0. The molecule has 0 radical (unpaired) electrons. The van der Waals surface area contributed by atoms with Crippen LogP contribution in [0.2, 0.25) is 0 Å². The van der Waals surface area contributed by atoms with Gasteiger partial charge >= 0.3 is 0 Å². The van der Waals surface area contributed by atoms with Gasteiger partial charge in [-0.1, -0.05) is 30.3 Å². The Morgan fingerprint density at radius 2 is 1.83 bits per heavy atom. The van der Waals surface area contributed by atoms with Crippen LogP contribution in [0.25, 0.3) is 0 Å². The quantitative estimate of drug-likeness (QED) is 0.628. The van der Waals surface area contributed by atoms with Gasteiger partial charge in [-0.2, -0.15) is 0 Å². The summed E-state index contributed by atoms with van der Waals surface area (Å²) in [5, 5.41) is 10.9. The van der Waals surface area contributed by atoms with Crippen molar-refractivity contribution in [3.8, 4) is 5.75 Å². The van der Waals surface area contributed by atoms with Crippen LogP contribution in [0.15, 0.2) is 48.5 Å². The van der Waals surface area contributed by atoms with E-state index in [4.69, 9.17) is 4.74 Å². The predicted octanol–water partition coefficient (Wildman–Crippen LogP) is 3.11. The topological polar surface area (TPSA) is 72.7 Å². The first-order valence-corrected chi connectivity index (χ1v) is 7.08. The molecule has 0 aliphatic rings. The van der Waals surface area contributed by atoms with Crippen LogP contribution in [-0.4, -0.2) is 29.8 Å². The second kappa shape index (κ2) is 6.91. The second-order valence-corrected chi connectivity index (χ2v) is 5.35. The molecule has 0 aromatic heterocycles. The molecule has 0 aliphatic carbocycles. The number of amides is 1. The third-order valence-electron chi connectivity index (χ3n) is 3.39. The van der Waals surface area contributed by atoms with Gasteiger partial charge in [-0.25, -0.2) is 0 Å². The normalized spacial score (nSPS) is 11.6. The number of nitro benzene ring substituents is 1. The third kappa shape index (κ3) is 3.85. The molecule has 23 heavy (non-hydrogen) atoms. The number of ether oxygens (including phenoxy) is 1. The Labute approximate surface area is 134 Å². The lowest BCUT2D eigenvalue weighted by atomic mass is 10.1. The number of rotatable bonds is 5. The Morgan fingerprint density at radius 3 is 2.35 bits per heavy atom.